The number of aromatic nitrogens is 1. The van der Waals surface area contributed by atoms with Gasteiger partial charge in [0.15, 0.2) is 15.7 Å². The highest BCUT2D eigenvalue weighted by molar-refractivity contribution is 7.94. The number of amides is 3. The molecule has 2 aliphatic carbocycles. The smallest absolute Gasteiger partial charge is 0.442 e. The summed E-state index contributed by atoms with van der Waals surface area (Å²) in [6.45, 7) is 10.7. The number of nitrogens with zero attached hydrogens (tertiary/aromatic N) is 2. The van der Waals surface area contributed by atoms with Gasteiger partial charge in [-0.3, -0.25) is 0 Å². The van der Waals surface area contributed by atoms with Crippen molar-refractivity contribution in [2.24, 2.45) is 4.36 Å². The summed E-state index contributed by atoms with van der Waals surface area (Å²) in [6.07, 6.45) is 6.10. The zero-order valence-electron chi connectivity index (χ0n) is 23.3. The molecule has 0 radical (unpaired) electrons. The Morgan fingerprint density at radius 1 is 1.10 bits per heavy atom. The summed E-state index contributed by atoms with van der Waals surface area (Å²) in [5.74, 6) is -0.808. The van der Waals surface area contributed by atoms with Crippen molar-refractivity contribution in [1.29, 1.82) is 0 Å². The Bertz CT molecular complexity index is 1420. The minimum Gasteiger partial charge on any atom is -0.442 e. The largest absolute Gasteiger partial charge is 0.444 e. The van der Waals surface area contributed by atoms with Crippen LogP contribution < -0.4 is 10.0 Å². The zero-order chi connectivity index (χ0) is 28.2. The van der Waals surface area contributed by atoms with Gasteiger partial charge in [0.1, 0.15) is 20.4 Å². The number of urea groups is 1. The SMILES string of the molecule is CC(C)(C)OC(=O)N=[S@@](=O)(NC(=O)Nc1c2c(cc3c1CCC3)CCC2)c1cnc([C@]2(C)COC(C)(C)O2)s1. The summed E-state index contributed by atoms with van der Waals surface area (Å²) in [6, 6.07) is 1.56. The minimum atomic E-state index is -3.80. The van der Waals surface area contributed by atoms with Gasteiger partial charge < -0.3 is 19.5 Å². The van der Waals surface area contributed by atoms with E-state index in [-0.39, 0.29) is 10.8 Å². The number of aryl methyl sites for hydroxylation is 2. The molecule has 212 valence electrons. The third-order valence-electron chi connectivity index (χ3n) is 6.92. The van der Waals surface area contributed by atoms with Gasteiger partial charge in [0.05, 0.1) is 12.8 Å². The van der Waals surface area contributed by atoms with E-state index in [1.807, 2.05) is 6.92 Å². The first-order chi connectivity index (χ1) is 18.2. The lowest BCUT2D eigenvalue weighted by atomic mass is 9.99. The van der Waals surface area contributed by atoms with Crippen molar-refractivity contribution in [3.8, 4) is 0 Å². The monoisotopic (exact) mass is 576 g/mol. The van der Waals surface area contributed by atoms with Crippen LogP contribution in [-0.2, 0) is 55.4 Å². The summed E-state index contributed by atoms with van der Waals surface area (Å²) in [5, 5.41) is 3.46. The molecule has 2 atom stereocenters. The molecule has 1 aromatic carbocycles. The fourth-order valence-electron chi connectivity index (χ4n) is 5.39. The average molecular weight is 577 g/mol. The fourth-order valence-corrected chi connectivity index (χ4v) is 8.01. The van der Waals surface area contributed by atoms with Crippen LogP contribution >= 0.6 is 11.3 Å². The van der Waals surface area contributed by atoms with Crippen molar-refractivity contribution in [3.05, 3.63) is 39.5 Å². The van der Waals surface area contributed by atoms with Crippen molar-refractivity contribution in [2.45, 2.75) is 101 Å². The topological polar surface area (TPSA) is 128 Å². The number of rotatable bonds is 4. The van der Waals surface area contributed by atoms with Crippen molar-refractivity contribution in [3.63, 3.8) is 0 Å². The predicted molar refractivity (Wildman–Crippen MR) is 148 cm³/mol. The highest BCUT2D eigenvalue weighted by Crippen LogP contribution is 2.41. The van der Waals surface area contributed by atoms with Crippen molar-refractivity contribution in [2.75, 3.05) is 11.9 Å². The van der Waals surface area contributed by atoms with Crippen molar-refractivity contribution in [1.82, 2.24) is 9.71 Å². The molecule has 12 heteroatoms. The Hall–Kier alpha value is -2.54. The molecule has 2 aromatic rings. The molecule has 1 aliphatic heterocycles. The summed E-state index contributed by atoms with van der Waals surface area (Å²) in [4.78, 5) is 30.5. The molecule has 0 saturated carbocycles. The van der Waals surface area contributed by atoms with Crippen LogP contribution in [0.2, 0.25) is 0 Å². The van der Waals surface area contributed by atoms with E-state index in [9.17, 15) is 13.8 Å². The van der Waals surface area contributed by atoms with E-state index < -0.39 is 39.0 Å². The first-order valence-electron chi connectivity index (χ1n) is 13.2. The van der Waals surface area contributed by atoms with E-state index in [4.69, 9.17) is 14.2 Å². The number of hydrogen-bond donors (Lipinski definition) is 2. The standard InChI is InChI=1S/C27H36N4O6S2/c1-25(2,3)36-24(33)31-39(34,20-14-28-22(38-20)27(6)15-35-26(4,5)37-27)30-23(32)29-21-18-11-7-9-16(18)13-17-10-8-12-19(17)21/h13-14H,7-12,15H2,1-6H3,(H2,29,30,31,32,33,34)/t27-,39-/m0/s1. The van der Waals surface area contributed by atoms with Crippen LogP contribution in [0.15, 0.2) is 20.8 Å². The molecule has 3 aliphatic rings. The number of nitrogens with one attached hydrogen (secondary N) is 2. The molecule has 2 heterocycles. The molecule has 1 saturated heterocycles. The summed E-state index contributed by atoms with van der Waals surface area (Å²) in [7, 11) is -3.80. The van der Waals surface area contributed by atoms with Gasteiger partial charge in [0.2, 0.25) is 0 Å². The first kappa shape index (κ1) is 28.0. The van der Waals surface area contributed by atoms with Gasteiger partial charge in [-0.05, 0) is 102 Å². The van der Waals surface area contributed by atoms with E-state index in [1.165, 1.54) is 17.3 Å². The Morgan fingerprint density at radius 2 is 1.74 bits per heavy atom. The third-order valence-corrected chi connectivity index (χ3v) is 10.4. The Kier molecular flexibility index (Phi) is 7.06. The summed E-state index contributed by atoms with van der Waals surface area (Å²) in [5.41, 5.74) is 3.84. The number of carbonyl (C=O) groups excluding carboxylic acids is 2. The van der Waals surface area contributed by atoms with Crippen LogP contribution in [0, 0.1) is 0 Å². The van der Waals surface area contributed by atoms with E-state index in [0.717, 1.165) is 66.7 Å². The van der Waals surface area contributed by atoms with Crippen LogP contribution in [0.1, 0.15) is 81.6 Å². The second kappa shape index (κ2) is 9.83. The molecule has 2 N–H and O–H groups in total. The molecule has 0 bridgehead atoms. The van der Waals surface area contributed by atoms with Gasteiger partial charge in [-0.15, -0.1) is 15.7 Å². The highest BCUT2D eigenvalue weighted by atomic mass is 32.2. The molecule has 0 unspecified atom stereocenters. The number of anilines is 1. The number of carbonyl (C=O) groups is 2. The Balaban J connectivity index is 1.47. The van der Waals surface area contributed by atoms with Crippen LogP contribution in [0.3, 0.4) is 0 Å². The van der Waals surface area contributed by atoms with Crippen LogP contribution in [0.4, 0.5) is 15.3 Å². The highest BCUT2D eigenvalue weighted by Gasteiger charge is 2.45. The molecule has 0 spiro atoms. The zero-order valence-corrected chi connectivity index (χ0v) is 24.9. The van der Waals surface area contributed by atoms with Gasteiger partial charge in [-0.2, -0.15) is 0 Å². The van der Waals surface area contributed by atoms with Gasteiger partial charge >= 0.3 is 12.1 Å². The van der Waals surface area contributed by atoms with E-state index in [1.54, 1.807) is 34.6 Å². The average Bonchev–Trinajstić information content (AvgIpc) is 3.58. The van der Waals surface area contributed by atoms with E-state index in [0.29, 0.717) is 5.01 Å². The number of hydrogen-bond acceptors (Lipinski definition) is 8. The number of ether oxygens (including phenoxy) is 3. The van der Waals surface area contributed by atoms with Crippen LogP contribution in [0.5, 0.6) is 0 Å². The predicted octanol–water partition coefficient (Wildman–Crippen LogP) is 5.62. The van der Waals surface area contributed by atoms with Crippen molar-refractivity contribution < 1.29 is 28.0 Å². The lowest BCUT2D eigenvalue weighted by molar-refractivity contribution is -0.159. The molecule has 1 fully saturated rings. The molecular formula is C27H36N4O6S2. The quantitative estimate of drug-likeness (QED) is 0.484. The maximum absolute atomic E-state index is 14.3. The number of thiazole rings is 1. The maximum atomic E-state index is 14.3. The maximum Gasteiger partial charge on any atom is 0.444 e. The molecule has 5 rings (SSSR count). The normalized spacial score (nSPS) is 23.0. The van der Waals surface area contributed by atoms with Crippen LogP contribution in [0.25, 0.3) is 0 Å². The number of benzene rings is 1. The van der Waals surface area contributed by atoms with Gasteiger partial charge in [0.25, 0.3) is 0 Å². The Labute approximate surface area is 233 Å². The molecule has 1 aromatic heterocycles. The fraction of sp³-hybridized carbons (Fsp3) is 0.593. The van der Waals surface area contributed by atoms with Crippen LogP contribution in [-0.4, -0.2) is 39.3 Å². The van der Waals surface area contributed by atoms with Crippen molar-refractivity contribution >= 4 is 39.1 Å². The molecule has 10 nitrogen and oxygen atoms in total. The second-order valence-electron chi connectivity index (χ2n) is 11.9. The first-order valence-corrected chi connectivity index (χ1v) is 15.6. The summed E-state index contributed by atoms with van der Waals surface area (Å²) < 4.78 is 37.8. The van der Waals surface area contributed by atoms with Gasteiger partial charge in [-0.25, -0.2) is 23.5 Å². The van der Waals surface area contributed by atoms with E-state index >= 15 is 0 Å². The van der Waals surface area contributed by atoms with Gasteiger partial charge in [0, 0.05) is 5.69 Å². The lowest BCUT2D eigenvalue weighted by Crippen LogP contribution is -2.35. The molecule has 39 heavy (non-hydrogen) atoms. The molecular weight excluding hydrogens is 540 g/mol. The molecule has 3 amide bonds. The summed E-state index contributed by atoms with van der Waals surface area (Å²) >= 11 is 1.05. The van der Waals surface area contributed by atoms with Gasteiger partial charge in [-0.1, -0.05) is 6.07 Å². The second-order valence-corrected chi connectivity index (χ2v) is 15.1. The lowest BCUT2D eigenvalue weighted by Gasteiger charge is -2.22. The number of fused-ring (bicyclic) bond motifs is 2. The third kappa shape index (κ3) is 5.84. The minimum absolute atomic E-state index is 0.108. The van der Waals surface area contributed by atoms with E-state index in [2.05, 4.69) is 25.5 Å². The Morgan fingerprint density at radius 3 is 2.31 bits per heavy atom.